The number of rotatable bonds is 10. The van der Waals surface area contributed by atoms with E-state index in [0.29, 0.717) is 12.1 Å². The highest BCUT2D eigenvalue weighted by Crippen LogP contribution is 2.56. The van der Waals surface area contributed by atoms with E-state index in [0.717, 1.165) is 0 Å². The molecule has 0 heterocycles. The van der Waals surface area contributed by atoms with Gasteiger partial charge in [0.1, 0.15) is 0 Å². The van der Waals surface area contributed by atoms with Crippen molar-refractivity contribution in [2.75, 3.05) is 13.2 Å². The highest BCUT2D eigenvalue weighted by molar-refractivity contribution is 7.92. The summed E-state index contributed by atoms with van der Waals surface area (Å²) in [4.78, 5) is -1.67. The van der Waals surface area contributed by atoms with Crippen molar-refractivity contribution < 1.29 is 61.5 Å². The summed E-state index contributed by atoms with van der Waals surface area (Å²) in [6.45, 7) is 2.83. The SMILES string of the molecule is CCOP(=O)(Cc1ccc(S(=O)(=O)C(F)(F)C(F)(F)C(F)(F)C(F)(F)F)cc1)OCC. The van der Waals surface area contributed by atoms with E-state index in [4.69, 9.17) is 9.05 Å². The minimum atomic E-state index is -7.35. The summed E-state index contributed by atoms with van der Waals surface area (Å²) < 4.78 is 163. The highest BCUT2D eigenvalue weighted by Gasteiger charge is 2.85. The van der Waals surface area contributed by atoms with Gasteiger partial charge in [0.15, 0.2) is 0 Å². The topological polar surface area (TPSA) is 69.7 Å². The van der Waals surface area contributed by atoms with Crippen LogP contribution in [0.2, 0.25) is 0 Å². The van der Waals surface area contributed by atoms with E-state index in [9.17, 15) is 52.5 Å². The molecule has 0 N–H and O–H groups in total. The Hall–Kier alpha value is -1.31. The van der Waals surface area contributed by atoms with E-state index >= 15 is 0 Å². The van der Waals surface area contributed by atoms with E-state index in [2.05, 4.69) is 0 Å². The highest BCUT2D eigenvalue weighted by atomic mass is 32.2. The van der Waals surface area contributed by atoms with E-state index < -0.39 is 51.8 Å². The van der Waals surface area contributed by atoms with Crippen LogP contribution in [-0.2, 0) is 29.6 Å². The molecule has 0 aromatic heterocycles. The van der Waals surface area contributed by atoms with Crippen molar-refractivity contribution in [3.8, 4) is 0 Å². The van der Waals surface area contributed by atoms with Crippen LogP contribution in [0.1, 0.15) is 19.4 Å². The van der Waals surface area contributed by atoms with Gasteiger partial charge in [-0.2, -0.15) is 39.5 Å². The molecule has 0 radical (unpaired) electrons. The van der Waals surface area contributed by atoms with Gasteiger partial charge < -0.3 is 9.05 Å². The zero-order valence-corrected chi connectivity index (χ0v) is 17.4. The molecule has 0 aliphatic carbocycles. The molecule has 0 spiro atoms. The molecule has 31 heavy (non-hydrogen) atoms. The van der Waals surface area contributed by atoms with E-state index in [-0.39, 0.29) is 30.9 Å². The lowest BCUT2D eigenvalue weighted by Gasteiger charge is -2.33. The van der Waals surface area contributed by atoms with Crippen molar-refractivity contribution in [1.82, 2.24) is 0 Å². The smallest absolute Gasteiger partial charge is 0.309 e. The molecular formula is C15H16F9O5PS. The van der Waals surface area contributed by atoms with Crippen molar-refractivity contribution >= 4 is 17.4 Å². The van der Waals surface area contributed by atoms with Gasteiger partial charge in [0.05, 0.1) is 24.3 Å². The summed E-state index contributed by atoms with van der Waals surface area (Å²) in [5.41, 5.74) is -0.0418. The molecule has 1 rings (SSSR count). The van der Waals surface area contributed by atoms with Crippen LogP contribution >= 0.6 is 7.60 Å². The average molecular weight is 510 g/mol. The maximum Gasteiger partial charge on any atom is 0.460 e. The van der Waals surface area contributed by atoms with Crippen molar-refractivity contribution in [1.29, 1.82) is 0 Å². The van der Waals surface area contributed by atoms with Crippen LogP contribution < -0.4 is 0 Å². The number of alkyl halides is 9. The summed E-state index contributed by atoms with van der Waals surface area (Å²) in [6, 6.07) is 1.96. The summed E-state index contributed by atoms with van der Waals surface area (Å²) in [5.74, 6) is -14.7. The van der Waals surface area contributed by atoms with E-state index in [1.54, 1.807) is 0 Å². The number of hydrogen-bond acceptors (Lipinski definition) is 5. The van der Waals surface area contributed by atoms with E-state index in [1.807, 2.05) is 0 Å². The predicted octanol–water partition coefficient (Wildman–Crippen LogP) is 5.65. The minimum absolute atomic E-state index is 0.0418. The summed E-state index contributed by atoms with van der Waals surface area (Å²) in [5, 5.41) is -6.83. The quantitative estimate of drug-likeness (QED) is 0.301. The molecule has 0 unspecified atom stereocenters. The Morgan fingerprint density at radius 2 is 1.23 bits per heavy atom. The van der Waals surface area contributed by atoms with Crippen LogP contribution in [-0.4, -0.2) is 44.9 Å². The lowest BCUT2D eigenvalue weighted by molar-refractivity contribution is -0.382. The summed E-state index contributed by atoms with van der Waals surface area (Å²) in [7, 11) is -10.5. The summed E-state index contributed by atoms with van der Waals surface area (Å²) >= 11 is 0. The van der Waals surface area contributed by atoms with Crippen LogP contribution in [0.4, 0.5) is 39.5 Å². The Balaban J connectivity index is 3.35. The Bertz CT molecular complexity index is 904. The van der Waals surface area contributed by atoms with Crippen LogP contribution in [0.15, 0.2) is 29.2 Å². The molecule has 0 aliphatic heterocycles. The lowest BCUT2D eigenvalue weighted by atomic mass is 10.1. The normalized spacial score (nSPS) is 14.7. The van der Waals surface area contributed by atoms with Gasteiger partial charge in [-0.15, -0.1) is 0 Å². The van der Waals surface area contributed by atoms with Crippen molar-refractivity contribution in [3.05, 3.63) is 29.8 Å². The predicted molar refractivity (Wildman–Crippen MR) is 89.1 cm³/mol. The third-order valence-corrected chi connectivity index (χ3v) is 7.59. The molecule has 0 fully saturated rings. The molecule has 0 amide bonds. The van der Waals surface area contributed by atoms with Gasteiger partial charge in [0, 0.05) is 0 Å². The standard InChI is InChI=1S/C15H16F9O5PS/c1-3-28-30(25,29-4-2)9-10-5-7-11(8-6-10)31(26,27)15(23,24)13(18,19)12(16,17)14(20,21)22/h5-8H,3-4,9H2,1-2H3. The molecule has 180 valence electrons. The monoisotopic (exact) mass is 510 g/mol. The van der Waals surface area contributed by atoms with Crippen molar-refractivity contribution in [2.45, 2.75) is 48.2 Å². The number of benzene rings is 1. The van der Waals surface area contributed by atoms with Crippen LogP contribution in [0.5, 0.6) is 0 Å². The van der Waals surface area contributed by atoms with Crippen LogP contribution in [0.25, 0.3) is 0 Å². The Labute approximate surface area is 171 Å². The fourth-order valence-electron chi connectivity index (χ4n) is 2.20. The van der Waals surface area contributed by atoms with E-state index in [1.165, 1.54) is 13.8 Å². The first-order valence-corrected chi connectivity index (χ1v) is 11.4. The number of hydrogen-bond donors (Lipinski definition) is 0. The largest absolute Gasteiger partial charge is 0.460 e. The van der Waals surface area contributed by atoms with Gasteiger partial charge in [0.2, 0.25) is 9.84 Å². The maximum absolute atomic E-state index is 13.9. The Morgan fingerprint density at radius 1 is 0.806 bits per heavy atom. The molecule has 1 aromatic rings. The zero-order chi connectivity index (χ0) is 24.5. The fourth-order valence-corrected chi connectivity index (χ4v) is 5.16. The third kappa shape index (κ3) is 5.04. The van der Waals surface area contributed by atoms with Gasteiger partial charge in [-0.25, -0.2) is 8.42 Å². The maximum atomic E-state index is 13.9. The first kappa shape index (κ1) is 27.7. The fraction of sp³-hybridized carbons (Fsp3) is 0.600. The number of halogens is 9. The number of sulfone groups is 1. The molecule has 0 bridgehead atoms. The van der Waals surface area contributed by atoms with Crippen LogP contribution in [0, 0.1) is 0 Å². The Morgan fingerprint density at radius 3 is 1.58 bits per heavy atom. The summed E-state index contributed by atoms with van der Waals surface area (Å²) in [6.07, 6.45) is -7.65. The van der Waals surface area contributed by atoms with Crippen LogP contribution in [0.3, 0.4) is 0 Å². The minimum Gasteiger partial charge on any atom is -0.309 e. The first-order chi connectivity index (χ1) is 13.8. The second-order valence-corrected chi connectivity index (χ2v) is 9.96. The first-order valence-electron chi connectivity index (χ1n) is 8.22. The molecule has 0 saturated heterocycles. The van der Waals surface area contributed by atoms with Gasteiger partial charge in [-0.3, -0.25) is 4.57 Å². The molecular weight excluding hydrogens is 494 g/mol. The molecule has 1 aromatic carbocycles. The molecule has 0 atom stereocenters. The second kappa shape index (κ2) is 8.91. The second-order valence-electron chi connectivity index (χ2n) is 5.92. The molecule has 0 saturated carbocycles. The van der Waals surface area contributed by atoms with Gasteiger partial charge in [0.25, 0.3) is 0 Å². The zero-order valence-electron chi connectivity index (χ0n) is 15.7. The third-order valence-electron chi connectivity index (χ3n) is 3.71. The molecule has 0 aliphatic rings. The average Bonchev–Trinajstić information content (AvgIpc) is 2.61. The lowest BCUT2D eigenvalue weighted by Crippen LogP contribution is -2.63. The van der Waals surface area contributed by atoms with Crippen molar-refractivity contribution in [3.63, 3.8) is 0 Å². The van der Waals surface area contributed by atoms with Gasteiger partial charge in [-0.05, 0) is 31.5 Å². The Kier molecular flexibility index (Phi) is 7.97. The molecule has 5 nitrogen and oxygen atoms in total. The van der Waals surface area contributed by atoms with Gasteiger partial charge in [-0.1, -0.05) is 12.1 Å². The molecule has 16 heteroatoms. The van der Waals surface area contributed by atoms with Crippen molar-refractivity contribution in [2.24, 2.45) is 0 Å². The van der Waals surface area contributed by atoms with Gasteiger partial charge >= 0.3 is 30.9 Å².